The van der Waals surface area contributed by atoms with Crippen LogP contribution in [0, 0.1) is 63.0 Å². The summed E-state index contributed by atoms with van der Waals surface area (Å²) in [5.74, 6) is -26.1. The van der Waals surface area contributed by atoms with Gasteiger partial charge in [0.25, 0.3) is 0 Å². The van der Waals surface area contributed by atoms with E-state index in [9.17, 15) is 43.9 Å². The SMILES string of the molecule is [B]=C1c2cccc(=[Si](C)C)c2=C(c2c(F)c(F)c(F)c(F)c2F)C1c1c(F)c(F)c(F)c(F)c1F. The molecule has 1 aliphatic carbocycles. The van der Waals surface area contributed by atoms with Gasteiger partial charge in [0.05, 0.1) is 0 Å². The van der Waals surface area contributed by atoms with Crippen molar-refractivity contribution in [2.75, 3.05) is 0 Å². The van der Waals surface area contributed by atoms with E-state index in [-0.39, 0.29) is 10.8 Å². The fourth-order valence-electron chi connectivity index (χ4n) is 4.24. The van der Waals surface area contributed by atoms with E-state index < -0.39 is 94.7 Å². The summed E-state index contributed by atoms with van der Waals surface area (Å²) >= 11 is 0. The van der Waals surface area contributed by atoms with Crippen LogP contribution in [0.5, 0.6) is 0 Å². The summed E-state index contributed by atoms with van der Waals surface area (Å²) < 4.78 is 143. The second-order valence-corrected chi connectivity index (χ2v) is 10.5. The minimum absolute atomic E-state index is 0.0958. The normalized spacial score (nSPS) is 15.1. The fraction of sp³-hybridized carbons (Fsp3) is 0.130. The van der Waals surface area contributed by atoms with Crippen molar-refractivity contribution in [2.24, 2.45) is 0 Å². The molecule has 3 aromatic carbocycles. The van der Waals surface area contributed by atoms with E-state index in [1.807, 2.05) is 0 Å². The van der Waals surface area contributed by atoms with Crippen LogP contribution < -0.4 is 5.22 Å². The van der Waals surface area contributed by atoms with Gasteiger partial charge in [0.15, 0.2) is 0 Å². The molecule has 3 aromatic rings. The summed E-state index contributed by atoms with van der Waals surface area (Å²) in [5, 5.41) is -0.193. The molecule has 0 heterocycles. The zero-order chi connectivity index (χ0) is 26.1. The van der Waals surface area contributed by atoms with Gasteiger partial charge in [0.2, 0.25) is 0 Å². The molecule has 1 radical (unpaired) electrons. The summed E-state index contributed by atoms with van der Waals surface area (Å²) in [7, 11) is 4.44. The van der Waals surface area contributed by atoms with Crippen molar-refractivity contribution < 1.29 is 43.9 Å². The van der Waals surface area contributed by atoms with E-state index in [2.05, 4.69) is 0 Å². The van der Waals surface area contributed by atoms with Gasteiger partial charge >= 0.3 is 193 Å². The van der Waals surface area contributed by atoms with Crippen molar-refractivity contribution >= 4 is 26.9 Å². The van der Waals surface area contributed by atoms with Crippen molar-refractivity contribution in [1.29, 1.82) is 0 Å². The van der Waals surface area contributed by atoms with Crippen molar-refractivity contribution in [3.8, 4) is 0 Å². The van der Waals surface area contributed by atoms with Crippen LogP contribution in [0.2, 0.25) is 13.1 Å². The average molecular weight is 515 g/mol. The Morgan fingerprint density at radius 3 is 1.51 bits per heavy atom. The molecule has 179 valence electrons. The first kappa shape index (κ1) is 25.1. The third kappa shape index (κ3) is 3.44. The molecule has 0 aliphatic heterocycles. The minimum atomic E-state index is -2.50. The van der Waals surface area contributed by atoms with Crippen LogP contribution >= 0.6 is 0 Å². The van der Waals surface area contributed by atoms with E-state index in [0.29, 0.717) is 4.81 Å². The van der Waals surface area contributed by atoms with Gasteiger partial charge in [-0.25, -0.2) is 0 Å². The molecule has 0 N–H and O–H groups in total. The second kappa shape index (κ2) is 8.58. The molecular weight excluding hydrogens is 505 g/mol. The quantitative estimate of drug-likeness (QED) is 0.187. The number of benzene rings is 3. The van der Waals surface area contributed by atoms with E-state index in [1.54, 1.807) is 13.1 Å². The molecule has 0 saturated carbocycles. The van der Waals surface area contributed by atoms with Crippen molar-refractivity contribution in [1.82, 2.24) is 0 Å². The van der Waals surface area contributed by atoms with Gasteiger partial charge < -0.3 is 0 Å². The molecule has 0 nitrogen and oxygen atoms in total. The van der Waals surface area contributed by atoms with Gasteiger partial charge in [-0.05, 0) is 0 Å². The maximum absolute atomic E-state index is 14.9. The van der Waals surface area contributed by atoms with Crippen molar-refractivity contribution in [3.05, 3.63) is 103 Å². The van der Waals surface area contributed by atoms with Crippen LogP contribution in [0.25, 0.3) is 5.57 Å². The van der Waals surface area contributed by atoms with Gasteiger partial charge in [-0.1, -0.05) is 0 Å². The molecule has 1 atom stereocenters. The number of fused-ring (bicyclic) bond motifs is 1. The number of halogens is 10. The zero-order valence-electron chi connectivity index (χ0n) is 17.7. The topological polar surface area (TPSA) is 0 Å². The van der Waals surface area contributed by atoms with Crippen LogP contribution in [0.3, 0.4) is 0 Å². The van der Waals surface area contributed by atoms with Crippen LogP contribution in [0.1, 0.15) is 22.6 Å². The number of hydrogen-bond donors (Lipinski definition) is 0. The van der Waals surface area contributed by atoms with Crippen molar-refractivity contribution in [2.45, 2.75) is 19.0 Å². The van der Waals surface area contributed by atoms with Crippen LogP contribution in [0.15, 0.2) is 18.2 Å². The molecule has 0 amide bonds. The molecule has 1 aliphatic rings. The number of hydrogen-bond acceptors (Lipinski definition) is 0. The summed E-state index contributed by atoms with van der Waals surface area (Å²) in [4.78, 5) is 0.320. The Balaban J connectivity index is 2.32. The molecule has 0 aromatic heterocycles. The van der Waals surface area contributed by atoms with Crippen LogP contribution in [-0.2, 0) is 0 Å². The number of rotatable bonds is 2. The van der Waals surface area contributed by atoms with Gasteiger partial charge in [0.1, 0.15) is 0 Å². The monoisotopic (exact) mass is 515 g/mol. The van der Waals surface area contributed by atoms with E-state index in [4.69, 9.17) is 7.49 Å². The molecule has 12 heteroatoms. The summed E-state index contributed by atoms with van der Waals surface area (Å²) in [6.45, 7) is 3.39. The molecule has 0 spiro atoms. The van der Waals surface area contributed by atoms with Crippen LogP contribution in [-0.4, -0.2) is 21.4 Å². The van der Waals surface area contributed by atoms with E-state index in [1.165, 1.54) is 18.2 Å². The molecule has 35 heavy (non-hydrogen) atoms. The first-order chi connectivity index (χ1) is 16.3. The van der Waals surface area contributed by atoms with Gasteiger partial charge in [-0.15, -0.1) is 0 Å². The first-order valence-electron chi connectivity index (χ1n) is 9.79. The third-order valence-electron chi connectivity index (χ3n) is 5.79. The zero-order valence-corrected chi connectivity index (χ0v) is 18.7. The standard InChI is InChI=1S/C23H10BF10Si/c1-35(2)7-5-3-4-6-8(7)9(11-14(25)18(29)22(33)19(30)15(11)26)10(13(6)24)12-16(27)20(31)23(34)21(32)17(12)28/h3-5,10H,1-2H3. The van der Waals surface area contributed by atoms with Crippen LogP contribution in [0.4, 0.5) is 43.9 Å². The third-order valence-corrected chi connectivity index (χ3v) is 7.29. The van der Waals surface area contributed by atoms with Crippen molar-refractivity contribution in [3.63, 3.8) is 0 Å². The average Bonchev–Trinajstić information content (AvgIpc) is 3.11. The predicted octanol–water partition coefficient (Wildman–Crippen LogP) is 5.35. The molecule has 0 bridgehead atoms. The summed E-state index contributed by atoms with van der Waals surface area (Å²) in [6, 6.07) is 4.13. The molecular formula is C23H10BF10Si. The Labute approximate surface area is 193 Å². The first-order valence-corrected chi connectivity index (χ1v) is 12.3. The Morgan fingerprint density at radius 1 is 0.629 bits per heavy atom. The molecule has 0 fully saturated rings. The maximum atomic E-state index is 14.9. The Bertz CT molecular complexity index is 1530. The summed E-state index contributed by atoms with van der Waals surface area (Å²) in [6.07, 6.45) is 0. The Kier molecular flexibility index (Phi) is 6.15. The summed E-state index contributed by atoms with van der Waals surface area (Å²) in [5.41, 5.74) is -4.74. The molecule has 1 unspecified atom stereocenters. The molecule has 0 saturated heterocycles. The Hall–Kier alpha value is -3.02. The van der Waals surface area contributed by atoms with E-state index in [0.717, 1.165) is 0 Å². The second-order valence-electron chi connectivity index (χ2n) is 7.96. The Morgan fingerprint density at radius 2 is 1.06 bits per heavy atom. The van der Waals surface area contributed by atoms with E-state index >= 15 is 0 Å². The van der Waals surface area contributed by atoms with Gasteiger partial charge in [-0.3, -0.25) is 0 Å². The molecule has 4 rings (SSSR count). The fourth-order valence-corrected chi connectivity index (χ4v) is 5.44. The van der Waals surface area contributed by atoms with Gasteiger partial charge in [-0.2, -0.15) is 0 Å². The predicted molar refractivity (Wildman–Crippen MR) is 110 cm³/mol. The van der Waals surface area contributed by atoms with Gasteiger partial charge in [0, 0.05) is 0 Å².